The summed E-state index contributed by atoms with van der Waals surface area (Å²) in [5.74, 6) is 2.17. The predicted molar refractivity (Wildman–Crippen MR) is 86.6 cm³/mol. The van der Waals surface area contributed by atoms with Crippen molar-refractivity contribution in [3.05, 3.63) is 40.2 Å². The molecule has 2 aromatic rings. The van der Waals surface area contributed by atoms with Gasteiger partial charge >= 0.3 is 0 Å². The second kappa shape index (κ2) is 6.91. The van der Waals surface area contributed by atoms with Gasteiger partial charge in [-0.25, -0.2) is 4.98 Å². The first kappa shape index (κ1) is 16.3. The molecule has 1 fully saturated rings. The summed E-state index contributed by atoms with van der Waals surface area (Å²) in [6.45, 7) is 6.42. The summed E-state index contributed by atoms with van der Waals surface area (Å²) in [5, 5.41) is 22.1. The molecule has 1 atom stereocenters. The van der Waals surface area contributed by atoms with Crippen LogP contribution in [0.2, 0.25) is 0 Å². The number of nitrogens with zero attached hydrogens (tertiary/aromatic N) is 5. The van der Waals surface area contributed by atoms with Crippen molar-refractivity contribution in [2.45, 2.75) is 38.8 Å². The molecule has 9 nitrogen and oxygen atoms in total. The predicted octanol–water partition coefficient (Wildman–Crippen LogP) is 2.18. The SMILES string of the molecule is CC(C)c1nnc(CN2CC[C@@H](Nc3ccc([N+](=O)[O-])cn3)C2)o1. The molecule has 1 saturated heterocycles. The van der Waals surface area contributed by atoms with Crippen LogP contribution in [0.4, 0.5) is 11.5 Å². The number of anilines is 1. The number of aromatic nitrogens is 3. The van der Waals surface area contributed by atoms with Crippen LogP contribution in [-0.4, -0.2) is 44.1 Å². The molecule has 0 saturated carbocycles. The van der Waals surface area contributed by atoms with E-state index in [0.717, 1.165) is 19.5 Å². The molecule has 2 aromatic heterocycles. The van der Waals surface area contributed by atoms with Gasteiger partial charge in [0.1, 0.15) is 12.0 Å². The summed E-state index contributed by atoms with van der Waals surface area (Å²) >= 11 is 0. The van der Waals surface area contributed by atoms with E-state index in [-0.39, 0.29) is 17.6 Å². The lowest BCUT2D eigenvalue weighted by Gasteiger charge is -2.15. The van der Waals surface area contributed by atoms with Crippen molar-refractivity contribution < 1.29 is 9.34 Å². The van der Waals surface area contributed by atoms with Gasteiger partial charge < -0.3 is 9.73 Å². The Morgan fingerprint density at radius 1 is 1.46 bits per heavy atom. The summed E-state index contributed by atoms with van der Waals surface area (Å²) < 4.78 is 5.64. The van der Waals surface area contributed by atoms with E-state index < -0.39 is 4.92 Å². The molecule has 0 unspecified atom stereocenters. The smallest absolute Gasteiger partial charge is 0.287 e. The minimum atomic E-state index is -0.454. The van der Waals surface area contributed by atoms with Gasteiger partial charge in [-0.3, -0.25) is 15.0 Å². The highest BCUT2D eigenvalue weighted by Crippen LogP contribution is 2.19. The number of hydrogen-bond acceptors (Lipinski definition) is 8. The second-order valence-electron chi connectivity index (χ2n) is 6.21. The van der Waals surface area contributed by atoms with Crippen LogP contribution in [0.1, 0.15) is 38.0 Å². The van der Waals surface area contributed by atoms with Crippen LogP contribution in [-0.2, 0) is 6.54 Å². The molecule has 1 aliphatic rings. The van der Waals surface area contributed by atoms with Gasteiger partial charge in [-0.1, -0.05) is 13.8 Å². The van der Waals surface area contributed by atoms with E-state index in [2.05, 4.69) is 25.4 Å². The van der Waals surface area contributed by atoms with Gasteiger partial charge in [0, 0.05) is 31.1 Å². The molecule has 3 heterocycles. The molecule has 0 bridgehead atoms. The summed E-state index contributed by atoms with van der Waals surface area (Å²) in [5.41, 5.74) is -0.00838. The molecular formula is C15H20N6O3. The number of hydrogen-bond donors (Lipinski definition) is 1. The average Bonchev–Trinajstić information content (AvgIpc) is 3.18. The Balaban J connectivity index is 1.52. The van der Waals surface area contributed by atoms with Crippen LogP contribution in [0.15, 0.2) is 22.7 Å². The van der Waals surface area contributed by atoms with Gasteiger partial charge in [0.15, 0.2) is 0 Å². The van der Waals surface area contributed by atoms with Crippen LogP contribution in [0.5, 0.6) is 0 Å². The Bertz CT molecular complexity index is 699. The molecule has 1 aliphatic heterocycles. The van der Waals surface area contributed by atoms with E-state index in [0.29, 0.717) is 24.1 Å². The third-order valence-electron chi connectivity index (χ3n) is 3.92. The molecule has 0 aliphatic carbocycles. The van der Waals surface area contributed by atoms with Gasteiger partial charge in [-0.15, -0.1) is 10.2 Å². The maximum atomic E-state index is 10.6. The topological polar surface area (TPSA) is 110 Å². The Morgan fingerprint density at radius 3 is 2.92 bits per heavy atom. The van der Waals surface area contributed by atoms with Crippen molar-refractivity contribution >= 4 is 11.5 Å². The molecule has 0 aromatic carbocycles. The Hall–Kier alpha value is -2.55. The fraction of sp³-hybridized carbons (Fsp3) is 0.533. The van der Waals surface area contributed by atoms with Crippen LogP contribution >= 0.6 is 0 Å². The number of pyridine rings is 1. The Labute approximate surface area is 139 Å². The van der Waals surface area contributed by atoms with Gasteiger partial charge in [0.25, 0.3) is 5.69 Å². The quantitative estimate of drug-likeness (QED) is 0.633. The van der Waals surface area contributed by atoms with E-state index in [9.17, 15) is 10.1 Å². The average molecular weight is 332 g/mol. The molecule has 0 radical (unpaired) electrons. The number of nitro groups is 1. The molecule has 128 valence electrons. The molecule has 1 N–H and O–H groups in total. The number of nitrogens with one attached hydrogen (secondary N) is 1. The molecule has 24 heavy (non-hydrogen) atoms. The third kappa shape index (κ3) is 3.85. The molecule has 3 rings (SSSR count). The van der Waals surface area contributed by atoms with Crippen LogP contribution in [0.3, 0.4) is 0 Å². The molecule has 9 heteroatoms. The van der Waals surface area contributed by atoms with Crippen molar-refractivity contribution in [3.63, 3.8) is 0 Å². The van der Waals surface area contributed by atoms with Gasteiger partial charge in [-0.05, 0) is 12.5 Å². The zero-order chi connectivity index (χ0) is 17.1. The molecule has 0 amide bonds. The van der Waals surface area contributed by atoms with Crippen molar-refractivity contribution in [2.75, 3.05) is 18.4 Å². The minimum absolute atomic E-state index is 0.00838. The lowest BCUT2D eigenvalue weighted by atomic mass is 10.2. The highest BCUT2D eigenvalue weighted by Gasteiger charge is 2.24. The lowest BCUT2D eigenvalue weighted by Crippen LogP contribution is -2.26. The Kier molecular flexibility index (Phi) is 4.70. The fourth-order valence-electron chi connectivity index (χ4n) is 2.64. The minimum Gasteiger partial charge on any atom is -0.424 e. The third-order valence-corrected chi connectivity index (χ3v) is 3.92. The zero-order valence-corrected chi connectivity index (χ0v) is 13.7. The number of rotatable bonds is 6. The lowest BCUT2D eigenvalue weighted by molar-refractivity contribution is -0.385. The van der Waals surface area contributed by atoms with E-state index in [1.54, 1.807) is 6.07 Å². The zero-order valence-electron chi connectivity index (χ0n) is 13.7. The van der Waals surface area contributed by atoms with E-state index in [4.69, 9.17) is 4.42 Å². The highest BCUT2D eigenvalue weighted by atomic mass is 16.6. The second-order valence-corrected chi connectivity index (χ2v) is 6.21. The van der Waals surface area contributed by atoms with Gasteiger partial charge in [-0.2, -0.15) is 0 Å². The standard InChI is InChI=1S/C15H20N6O3/c1-10(2)15-19-18-14(24-15)9-20-6-5-11(8-20)17-13-4-3-12(7-16-13)21(22)23/h3-4,7,10-11H,5-6,8-9H2,1-2H3,(H,16,17)/t11-/m1/s1. The normalized spacial score (nSPS) is 18.2. The largest absolute Gasteiger partial charge is 0.424 e. The van der Waals surface area contributed by atoms with Crippen molar-refractivity contribution in [1.82, 2.24) is 20.1 Å². The first-order valence-electron chi connectivity index (χ1n) is 7.93. The summed E-state index contributed by atoms with van der Waals surface area (Å²) in [6, 6.07) is 3.33. The van der Waals surface area contributed by atoms with Crippen LogP contribution in [0, 0.1) is 10.1 Å². The number of likely N-dealkylation sites (tertiary alicyclic amines) is 1. The van der Waals surface area contributed by atoms with Crippen molar-refractivity contribution in [2.24, 2.45) is 0 Å². The maximum absolute atomic E-state index is 10.6. The van der Waals surface area contributed by atoms with E-state index in [1.807, 2.05) is 13.8 Å². The van der Waals surface area contributed by atoms with E-state index >= 15 is 0 Å². The first-order chi connectivity index (χ1) is 11.5. The highest BCUT2D eigenvalue weighted by molar-refractivity contribution is 5.41. The van der Waals surface area contributed by atoms with Gasteiger partial charge in [0.2, 0.25) is 11.8 Å². The van der Waals surface area contributed by atoms with E-state index in [1.165, 1.54) is 12.3 Å². The summed E-state index contributed by atoms with van der Waals surface area (Å²) in [7, 11) is 0. The first-order valence-corrected chi connectivity index (χ1v) is 7.93. The monoisotopic (exact) mass is 332 g/mol. The molecular weight excluding hydrogens is 312 g/mol. The maximum Gasteiger partial charge on any atom is 0.287 e. The van der Waals surface area contributed by atoms with Crippen LogP contribution < -0.4 is 5.32 Å². The van der Waals surface area contributed by atoms with Crippen molar-refractivity contribution in [3.8, 4) is 0 Å². The van der Waals surface area contributed by atoms with Crippen molar-refractivity contribution in [1.29, 1.82) is 0 Å². The summed E-state index contributed by atoms with van der Waals surface area (Å²) in [6.07, 6.45) is 2.23. The Morgan fingerprint density at radius 2 is 2.29 bits per heavy atom. The molecule has 0 spiro atoms. The van der Waals surface area contributed by atoms with Gasteiger partial charge in [0.05, 0.1) is 11.5 Å². The fourth-order valence-corrected chi connectivity index (χ4v) is 2.64. The summed E-state index contributed by atoms with van der Waals surface area (Å²) in [4.78, 5) is 16.5. The van der Waals surface area contributed by atoms with Crippen LogP contribution in [0.25, 0.3) is 0 Å².